The highest BCUT2D eigenvalue weighted by Gasteiger charge is 2.25. The van der Waals surface area contributed by atoms with E-state index in [1.165, 1.54) is 12.1 Å². The van der Waals surface area contributed by atoms with Gasteiger partial charge in [-0.25, -0.2) is 4.39 Å². The monoisotopic (exact) mass is 232 g/mol. The lowest BCUT2D eigenvalue weighted by molar-refractivity contribution is -0.122. The third-order valence-corrected chi connectivity index (χ3v) is 3.55. The zero-order valence-electron chi connectivity index (χ0n) is 9.29. The molecule has 3 rings (SSSR count). The normalized spacial score (nSPS) is 19.2. The molecule has 3 nitrogen and oxygen atoms in total. The first-order chi connectivity index (χ1) is 8.15. The van der Waals surface area contributed by atoms with Crippen LogP contribution in [0.4, 0.5) is 4.39 Å². The maximum absolute atomic E-state index is 13.2. The number of fused-ring (bicyclic) bond motifs is 3. The first-order valence-corrected chi connectivity index (χ1v) is 5.73. The lowest BCUT2D eigenvalue weighted by Gasteiger charge is -2.19. The van der Waals surface area contributed by atoms with Crippen LogP contribution in [-0.2, 0) is 17.6 Å². The summed E-state index contributed by atoms with van der Waals surface area (Å²) in [4.78, 5) is 14.5. The van der Waals surface area contributed by atoms with Crippen molar-refractivity contribution in [1.29, 1.82) is 0 Å². The van der Waals surface area contributed by atoms with Gasteiger partial charge in [-0.15, -0.1) is 0 Å². The molecule has 0 aliphatic heterocycles. The Bertz CT molecular complexity index is 603. The highest BCUT2D eigenvalue weighted by atomic mass is 19.1. The number of carbonyl (C=O) groups is 1. The molecular weight excluding hydrogens is 219 g/mol. The first kappa shape index (κ1) is 10.3. The second-order valence-electron chi connectivity index (χ2n) is 4.61. The molecule has 0 bridgehead atoms. The van der Waals surface area contributed by atoms with Crippen LogP contribution in [0.3, 0.4) is 0 Å². The minimum Gasteiger partial charge on any atom is -0.369 e. The van der Waals surface area contributed by atoms with Gasteiger partial charge < -0.3 is 10.7 Å². The molecule has 1 heterocycles. The zero-order valence-corrected chi connectivity index (χ0v) is 9.29. The number of carbonyl (C=O) groups excluding carboxylic acids is 1. The average Bonchev–Trinajstić information content (AvgIpc) is 2.66. The molecule has 1 aliphatic carbocycles. The van der Waals surface area contributed by atoms with Gasteiger partial charge >= 0.3 is 0 Å². The van der Waals surface area contributed by atoms with Crippen molar-refractivity contribution in [3.8, 4) is 0 Å². The summed E-state index contributed by atoms with van der Waals surface area (Å²) in [6.45, 7) is 0. The van der Waals surface area contributed by atoms with Gasteiger partial charge in [0, 0.05) is 22.5 Å². The van der Waals surface area contributed by atoms with Crippen molar-refractivity contribution in [2.75, 3.05) is 0 Å². The molecule has 1 atom stereocenters. The smallest absolute Gasteiger partial charge is 0.220 e. The van der Waals surface area contributed by atoms with E-state index in [1.807, 2.05) is 0 Å². The molecule has 3 N–H and O–H groups in total. The van der Waals surface area contributed by atoms with Crippen LogP contribution in [0, 0.1) is 11.7 Å². The Morgan fingerprint density at radius 1 is 1.47 bits per heavy atom. The topological polar surface area (TPSA) is 58.9 Å². The number of benzene rings is 1. The SMILES string of the molecule is NC(=O)[C@H]1CCc2[nH]c3ccc(F)cc3c2C1. The summed E-state index contributed by atoms with van der Waals surface area (Å²) >= 11 is 0. The molecule has 0 spiro atoms. The predicted octanol–water partition coefficient (Wildman–Crippen LogP) is 1.90. The average molecular weight is 232 g/mol. The van der Waals surface area contributed by atoms with Crippen LogP contribution in [0.25, 0.3) is 10.9 Å². The summed E-state index contributed by atoms with van der Waals surface area (Å²) < 4.78 is 13.2. The van der Waals surface area contributed by atoms with Gasteiger partial charge in [-0.3, -0.25) is 4.79 Å². The fourth-order valence-electron chi connectivity index (χ4n) is 2.63. The van der Waals surface area contributed by atoms with Crippen molar-refractivity contribution in [2.45, 2.75) is 19.3 Å². The molecule has 0 unspecified atom stereocenters. The van der Waals surface area contributed by atoms with E-state index < -0.39 is 0 Å². The van der Waals surface area contributed by atoms with Crippen LogP contribution in [-0.4, -0.2) is 10.9 Å². The number of nitrogens with one attached hydrogen (secondary N) is 1. The van der Waals surface area contributed by atoms with Crippen molar-refractivity contribution in [3.05, 3.63) is 35.3 Å². The second-order valence-corrected chi connectivity index (χ2v) is 4.61. The van der Waals surface area contributed by atoms with Crippen LogP contribution >= 0.6 is 0 Å². The van der Waals surface area contributed by atoms with Crippen LogP contribution in [0.5, 0.6) is 0 Å². The summed E-state index contributed by atoms with van der Waals surface area (Å²) in [5, 5.41) is 0.881. The fraction of sp³-hybridized carbons (Fsp3) is 0.308. The molecule has 1 aromatic carbocycles. The van der Waals surface area contributed by atoms with E-state index in [4.69, 9.17) is 5.73 Å². The molecule has 0 saturated carbocycles. The number of hydrogen-bond donors (Lipinski definition) is 2. The van der Waals surface area contributed by atoms with Crippen molar-refractivity contribution >= 4 is 16.8 Å². The summed E-state index contributed by atoms with van der Waals surface area (Å²) in [6.07, 6.45) is 2.20. The van der Waals surface area contributed by atoms with Crippen LogP contribution in [0.15, 0.2) is 18.2 Å². The fourth-order valence-corrected chi connectivity index (χ4v) is 2.63. The van der Waals surface area contributed by atoms with E-state index in [-0.39, 0.29) is 17.6 Å². The van der Waals surface area contributed by atoms with Crippen molar-refractivity contribution < 1.29 is 9.18 Å². The Hall–Kier alpha value is -1.84. The maximum atomic E-state index is 13.2. The number of amides is 1. The molecule has 2 aromatic rings. The lowest BCUT2D eigenvalue weighted by Crippen LogP contribution is -2.28. The number of aromatic amines is 1. The van der Waals surface area contributed by atoms with E-state index in [2.05, 4.69) is 4.98 Å². The van der Waals surface area contributed by atoms with Crippen LogP contribution < -0.4 is 5.73 Å². The minimum absolute atomic E-state index is 0.121. The van der Waals surface area contributed by atoms with Crippen molar-refractivity contribution in [2.24, 2.45) is 11.7 Å². The van der Waals surface area contributed by atoms with E-state index >= 15 is 0 Å². The summed E-state index contributed by atoms with van der Waals surface area (Å²) in [5.41, 5.74) is 8.44. The molecule has 1 amide bonds. The van der Waals surface area contributed by atoms with Gasteiger partial charge in [0.05, 0.1) is 0 Å². The Morgan fingerprint density at radius 3 is 3.06 bits per heavy atom. The second kappa shape index (κ2) is 3.58. The Morgan fingerprint density at radius 2 is 2.29 bits per heavy atom. The summed E-state index contributed by atoms with van der Waals surface area (Å²) in [7, 11) is 0. The molecule has 4 heteroatoms. The molecule has 1 aliphatic rings. The molecular formula is C13H13FN2O. The van der Waals surface area contributed by atoms with Gasteiger partial charge in [-0.2, -0.15) is 0 Å². The maximum Gasteiger partial charge on any atom is 0.220 e. The quantitative estimate of drug-likeness (QED) is 0.775. The highest BCUT2D eigenvalue weighted by Crippen LogP contribution is 2.31. The number of primary amides is 1. The van der Waals surface area contributed by atoms with E-state index in [9.17, 15) is 9.18 Å². The van der Waals surface area contributed by atoms with E-state index in [0.29, 0.717) is 6.42 Å². The van der Waals surface area contributed by atoms with Crippen molar-refractivity contribution in [3.63, 3.8) is 0 Å². The summed E-state index contributed by atoms with van der Waals surface area (Å²) in [6, 6.07) is 4.70. The standard InChI is InChI=1S/C13H13FN2O/c14-8-2-4-12-10(6-8)9-5-7(13(15)17)1-3-11(9)16-12/h2,4,6-7,16H,1,3,5H2,(H2,15,17)/t7-/m0/s1. The van der Waals surface area contributed by atoms with Crippen LogP contribution in [0.2, 0.25) is 0 Å². The predicted molar refractivity (Wildman–Crippen MR) is 63.0 cm³/mol. The molecule has 88 valence electrons. The van der Waals surface area contributed by atoms with Gasteiger partial charge in [0.15, 0.2) is 0 Å². The number of aromatic nitrogens is 1. The molecule has 1 aromatic heterocycles. The number of aryl methyl sites for hydroxylation is 1. The van der Waals surface area contributed by atoms with E-state index in [1.54, 1.807) is 6.07 Å². The van der Waals surface area contributed by atoms with Gasteiger partial charge in [-0.05, 0) is 43.0 Å². The lowest BCUT2D eigenvalue weighted by atomic mass is 9.86. The Balaban J connectivity index is 2.13. The van der Waals surface area contributed by atoms with Crippen molar-refractivity contribution in [1.82, 2.24) is 4.98 Å². The Labute approximate surface area is 97.8 Å². The third-order valence-electron chi connectivity index (χ3n) is 3.55. The van der Waals surface area contributed by atoms with Gasteiger partial charge in [0.1, 0.15) is 5.82 Å². The number of hydrogen-bond acceptors (Lipinski definition) is 1. The van der Waals surface area contributed by atoms with Crippen LogP contribution in [0.1, 0.15) is 17.7 Å². The molecule has 0 radical (unpaired) electrons. The van der Waals surface area contributed by atoms with Gasteiger partial charge in [0.2, 0.25) is 5.91 Å². The Kier molecular flexibility index (Phi) is 2.18. The summed E-state index contributed by atoms with van der Waals surface area (Å²) in [5.74, 6) is -0.633. The molecule has 0 saturated heterocycles. The van der Waals surface area contributed by atoms with Gasteiger partial charge in [-0.1, -0.05) is 0 Å². The number of H-pyrrole nitrogens is 1. The zero-order chi connectivity index (χ0) is 12.0. The third kappa shape index (κ3) is 1.60. The largest absolute Gasteiger partial charge is 0.369 e. The highest BCUT2D eigenvalue weighted by molar-refractivity contribution is 5.86. The van der Waals surface area contributed by atoms with E-state index in [0.717, 1.165) is 35.0 Å². The number of halogens is 1. The number of nitrogens with two attached hydrogens (primary N) is 1. The van der Waals surface area contributed by atoms with Gasteiger partial charge in [0.25, 0.3) is 0 Å². The number of rotatable bonds is 1. The molecule has 17 heavy (non-hydrogen) atoms. The minimum atomic E-state index is -0.263. The first-order valence-electron chi connectivity index (χ1n) is 5.73. The molecule has 0 fully saturated rings.